The van der Waals surface area contributed by atoms with Crippen molar-refractivity contribution in [3.05, 3.63) is 28.8 Å². The molecule has 0 aliphatic rings. The Balaban J connectivity index is 2.48. The fourth-order valence-electron chi connectivity index (χ4n) is 1.20. The first-order chi connectivity index (χ1) is 8.29. The van der Waals surface area contributed by atoms with E-state index < -0.39 is 11.6 Å². The SMILES string of the molecule is C[C@H](O)c1ccc(OCCSC(F)(F)F)c(Cl)c1. The van der Waals surface area contributed by atoms with E-state index in [2.05, 4.69) is 0 Å². The molecular formula is C11H12ClF3O2S. The van der Waals surface area contributed by atoms with Gasteiger partial charge in [0.05, 0.1) is 17.7 Å². The molecule has 102 valence electrons. The summed E-state index contributed by atoms with van der Waals surface area (Å²) in [4.78, 5) is 0. The predicted octanol–water partition coefficient (Wildman–Crippen LogP) is 4.03. The fourth-order valence-corrected chi connectivity index (χ4v) is 1.84. The van der Waals surface area contributed by atoms with Crippen LogP contribution in [0.3, 0.4) is 0 Å². The number of ether oxygens (including phenoxy) is 1. The summed E-state index contributed by atoms with van der Waals surface area (Å²) in [5.41, 5.74) is -3.62. The molecule has 2 nitrogen and oxygen atoms in total. The molecule has 0 saturated carbocycles. The van der Waals surface area contributed by atoms with E-state index in [0.717, 1.165) is 0 Å². The summed E-state index contributed by atoms with van der Waals surface area (Å²) in [6.07, 6.45) is -0.655. The Hall–Kier alpha value is -0.590. The first-order valence-corrected chi connectivity index (χ1v) is 6.47. The molecule has 1 atom stereocenters. The zero-order chi connectivity index (χ0) is 13.8. The highest BCUT2D eigenvalue weighted by molar-refractivity contribution is 8.00. The largest absolute Gasteiger partial charge is 0.491 e. The second-order valence-corrected chi connectivity index (χ2v) is 5.08. The highest BCUT2D eigenvalue weighted by atomic mass is 35.5. The Morgan fingerprint density at radius 2 is 2.11 bits per heavy atom. The summed E-state index contributed by atoms with van der Waals surface area (Å²) in [7, 11) is 0. The van der Waals surface area contributed by atoms with Crippen LogP contribution in [0.1, 0.15) is 18.6 Å². The van der Waals surface area contributed by atoms with Gasteiger partial charge in [0.25, 0.3) is 0 Å². The molecule has 0 heterocycles. The molecule has 0 aromatic heterocycles. The van der Waals surface area contributed by atoms with Gasteiger partial charge in [-0.2, -0.15) is 13.2 Å². The van der Waals surface area contributed by atoms with Crippen molar-refractivity contribution >= 4 is 23.4 Å². The van der Waals surface area contributed by atoms with Crippen LogP contribution in [0.5, 0.6) is 5.75 Å². The van der Waals surface area contributed by atoms with Crippen molar-refractivity contribution in [2.75, 3.05) is 12.4 Å². The normalized spacial score (nSPS) is 13.4. The maximum Gasteiger partial charge on any atom is 0.441 e. The Morgan fingerprint density at radius 3 is 2.61 bits per heavy atom. The van der Waals surface area contributed by atoms with Crippen LogP contribution in [0.15, 0.2) is 18.2 Å². The lowest BCUT2D eigenvalue weighted by Gasteiger charge is -2.11. The summed E-state index contributed by atoms with van der Waals surface area (Å²) >= 11 is 5.74. The second-order valence-electron chi connectivity index (χ2n) is 3.51. The van der Waals surface area contributed by atoms with Gasteiger partial charge in [0.2, 0.25) is 0 Å². The van der Waals surface area contributed by atoms with E-state index in [1.54, 1.807) is 13.0 Å². The van der Waals surface area contributed by atoms with E-state index in [-0.39, 0.29) is 29.1 Å². The van der Waals surface area contributed by atoms with Gasteiger partial charge in [-0.15, -0.1) is 0 Å². The van der Waals surface area contributed by atoms with Crippen LogP contribution in [0.4, 0.5) is 13.2 Å². The maximum atomic E-state index is 11.9. The molecule has 0 bridgehead atoms. The number of hydrogen-bond acceptors (Lipinski definition) is 3. The number of alkyl halides is 3. The van der Waals surface area contributed by atoms with Crippen LogP contribution in [-0.2, 0) is 0 Å². The number of hydrogen-bond donors (Lipinski definition) is 1. The number of thioether (sulfide) groups is 1. The highest BCUT2D eigenvalue weighted by Gasteiger charge is 2.27. The lowest BCUT2D eigenvalue weighted by atomic mass is 10.1. The van der Waals surface area contributed by atoms with Gasteiger partial charge in [-0.1, -0.05) is 17.7 Å². The number of benzene rings is 1. The maximum absolute atomic E-state index is 11.9. The van der Waals surface area contributed by atoms with Crippen molar-refractivity contribution in [3.8, 4) is 5.75 Å². The Kier molecular flexibility index (Phi) is 5.62. The summed E-state index contributed by atoms with van der Waals surface area (Å²) in [5, 5.41) is 9.58. The zero-order valence-corrected chi connectivity index (χ0v) is 11.1. The molecule has 0 spiro atoms. The topological polar surface area (TPSA) is 29.5 Å². The van der Waals surface area contributed by atoms with Crippen LogP contribution in [0, 0.1) is 0 Å². The molecule has 1 aromatic carbocycles. The predicted molar refractivity (Wildman–Crippen MR) is 66.1 cm³/mol. The van der Waals surface area contributed by atoms with Gasteiger partial charge in [-0.05, 0) is 36.4 Å². The van der Waals surface area contributed by atoms with Gasteiger partial charge < -0.3 is 9.84 Å². The molecule has 0 saturated heterocycles. The van der Waals surface area contributed by atoms with Gasteiger partial charge in [0.15, 0.2) is 0 Å². The van der Waals surface area contributed by atoms with Crippen molar-refractivity contribution in [2.45, 2.75) is 18.5 Å². The molecule has 0 aliphatic carbocycles. The van der Waals surface area contributed by atoms with Crippen molar-refractivity contribution < 1.29 is 23.0 Å². The lowest BCUT2D eigenvalue weighted by Crippen LogP contribution is -2.07. The Morgan fingerprint density at radius 1 is 1.44 bits per heavy atom. The van der Waals surface area contributed by atoms with Gasteiger partial charge in [0.1, 0.15) is 5.75 Å². The quantitative estimate of drug-likeness (QED) is 0.833. The first kappa shape index (κ1) is 15.5. The lowest BCUT2D eigenvalue weighted by molar-refractivity contribution is -0.0329. The van der Waals surface area contributed by atoms with E-state index in [4.69, 9.17) is 16.3 Å². The molecule has 18 heavy (non-hydrogen) atoms. The monoisotopic (exact) mass is 300 g/mol. The molecule has 0 unspecified atom stereocenters. The number of aliphatic hydroxyl groups is 1. The van der Waals surface area contributed by atoms with Crippen LogP contribution >= 0.6 is 23.4 Å². The molecule has 0 radical (unpaired) electrons. The molecular weight excluding hydrogens is 289 g/mol. The zero-order valence-electron chi connectivity index (χ0n) is 9.50. The molecule has 0 aliphatic heterocycles. The third-order valence-corrected chi connectivity index (χ3v) is 3.04. The van der Waals surface area contributed by atoms with Crippen molar-refractivity contribution in [1.82, 2.24) is 0 Å². The smallest absolute Gasteiger partial charge is 0.441 e. The molecule has 0 amide bonds. The number of halogens is 4. The minimum Gasteiger partial charge on any atom is -0.491 e. The Labute approximate surface area is 112 Å². The number of rotatable bonds is 5. The van der Waals surface area contributed by atoms with Crippen LogP contribution in [0.25, 0.3) is 0 Å². The summed E-state index contributed by atoms with van der Waals surface area (Å²) < 4.78 is 40.7. The molecule has 0 fully saturated rings. The average Bonchev–Trinajstić information content (AvgIpc) is 2.24. The third kappa shape index (κ3) is 5.37. The summed E-state index contributed by atoms with van der Waals surface area (Å²) in [6, 6.07) is 4.67. The van der Waals surface area contributed by atoms with E-state index in [1.165, 1.54) is 12.1 Å². The second kappa shape index (κ2) is 6.54. The van der Waals surface area contributed by atoms with Crippen LogP contribution in [-0.4, -0.2) is 23.0 Å². The van der Waals surface area contributed by atoms with Crippen molar-refractivity contribution in [1.29, 1.82) is 0 Å². The van der Waals surface area contributed by atoms with E-state index in [0.29, 0.717) is 11.3 Å². The van der Waals surface area contributed by atoms with Crippen LogP contribution < -0.4 is 4.74 Å². The first-order valence-electron chi connectivity index (χ1n) is 5.10. The van der Waals surface area contributed by atoms with Gasteiger partial charge >= 0.3 is 5.51 Å². The highest BCUT2D eigenvalue weighted by Crippen LogP contribution is 2.31. The van der Waals surface area contributed by atoms with Crippen molar-refractivity contribution in [2.24, 2.45) is 0 Å². The Bertz CT molecular complexity index is 396. The van der Waals surface area contributed by atoms with Gasteiger partial charge in [0, 0.05) is 5.75 Å². The minimum absolute atomic E-state index is 0.0854. The summed E-state index contributed by atoms with van der Waals surface area (Å²) in [6.45, 7) is 1.50. The standard InChI is InChI=1S/C11H12ClF3O2S/c1-7(16)8-2-3-10(9(12)6-8)17-4-5-18-11(13,14)15/h2-3,6-7,16H,4-5H2,1H3/t7-/m0/s1. The van der Waals surface area contributed by atoms with E-state index in [1.807, 2.05) is 0 Å². The van der Waals surface area contributed by atoms with Gasteiger partial charge in [-0.3, -0.25) is 0 Å². The van der Waals surface area contributed by atoms with Gasteiger partial charge in [-0.25, -0.2) is 0 Å². The molecule has 1 aromatic rings. The molecule has 1 rings (SSSR count). The molecule has 7 heteroatoms. The molecule has 1 N–H and O–H groups in total. The van der Waals surface area contributed by atoms with E-state index >= 15 is 0 Å². The fraction of sp³-hybridized carbons (Fsp3) is 0.455. The average molecular weight is 301 g/mol. The minimum atomic E-state index is -4.25. The van der Waals surface area contributed by atoms with Crippen molar-refractivity contribution in [3.63, 3.8) is 0 Å². The number of aliphatic hydroxyl groups excluding tert-OH is 1. The summed E-state index contributed by atoms with van der Waals surface area (Å²) in [5.74, 6) is 0.113. The van der Waals surface area contributed by atoms with E-state index in [9.17, 15) is 18.3 Å². The third-order valence-electron chi connectivity index (χ3n) is 2.04. The van der Waals surface area contributed by atoms with Crippen LogP contribution in [0.2, 0.25) is 5.02 Å².